The van der Waals surface area contributed by atoms with Crippen LogP contribution in [0.4, 0.5) is 11.5 Å². The average molecular weight is 409 g/mol. The van der Waals surface area contributed by atoms with Crippen LogP contribution in [0.5, 0.6) is 5.75 Å². The van der Waals surface area contributed by atoms with Crippen LogP contribution in [0.3, 0.4) is 0 Å². The topological polar surface area (TPSA) is 81.4 Å². The van der Waals surface area contributed by atoms with Gasteiger partial charge in [-0.1, -0.05) is 42.5 Å². The summed E-state index contributed by atoms with van der Waals surface area (Å²) >= 11 is 0. The lowest BCUT2D eigenvalue weighted by atomic mass is 10.0. The first-order valence-corrected chi connectivity index (χ1v) is 9.96. The fourth-order valence-corrected chi connectivity index (χ4v) is 3.51. The Morgan fingerprint density at radius 3 is 2.65 bits per heavy atom. The van der Waals surface area contributed by atoms with Gasteiger partial charge in [0, 0.05) is 11.1 Å². The molecule has 3 aromatic carbocycles. The predicted molar refractivity (Wildman–Crippen MR) is 119 cm³/mol. The number of ether oxygens (including phenoxy) is 1. The number of benzene rings is 3. The van der Waals surface area contributed by atoms with Crippen LogP contribution in [0.15, 0.2) is 79.1 Å². The van der Waals surface area contributed by atoms with Crippen molar-refractivity contribution in [2.75, 3.05) is 11.9 Å². The monoisotopic (exact) mass is 409 g/mol. The fraction of sp³-hybridized carbons (Fsp3) is 0.0833. The van der Waals surface area contributed by atoms with E-state index in [2.05, 4.69) is 15.5 Å². The zero-order valence-corrected chi connectivity index (χ0v) is 16.8. The number of nitrogens with one attached hydrogen (secondary N) is 1. The lowest BCUT2D eigenvalue weighted by Gasteiger charge is -2.13. The number of ketones is 1. The molecule has 0 aliphatic heterocycles. The molecule has 0 fully saturated rings. The highest BCUT2D eigenvalue weighted by atomic mass is 16.5. The van der Waals surface area contributed by atoms with Crippen LogP contribution in [-0.2, 0) is 0 Å². The highest BCUT2D eigenvalue weighted by molar-refractivity contribution is 6.10. The largest absolute Gasteiger partial charge is 0.492 e. The van der Waals surface area contributed by atoms with Gasteiger partial charge >= 0.3 is 0 Å². The highest BCUT2D eigenvalue weighted by Crippen LogP contribution is 2.30. The lowest BCUT2D eigenvalue weighted by Crippen LogP contribution is -2.04. The highest BCUT2D eigenvalue weighted by Gasteiger charge is 2.15. The minimum absolute atomic E-state index is 0.0448. The van der Waals surface area contributed by atoms with Crippen molar-refractivity contribution in [2.45, 2.75) is 6.92 Å². The molecule has 0 aliphatic rings. The number of nitrogens with zero attached hydrogens (tertiary/aromatic N) is 4. The molecule has 0 spiro atoms. The van der Waals surface area contributed by atoms with E-state index in [-0.39, 0.29) is 5.78 Å². The van der Waals surface area contributed by atoms with Gasteiger partial charge in [-0.05, 0) is 37.3 Å². The van der Waals surface area contributed by atoms with Crippen LogP contribution in [0.1, 0.15) is 22.8 Å². The lowest BCUT2D eigenvalue weighted by molar-refractivity contribution is 0.103. The summed E-state index contributed by atoms with van der Waals surface area (Å²) in [7, 11) is 0. The minimum atomic E-state index is -0.0448. The molecule has 7 heteroatoms. The first-order valence-electron chi connectivity index (χ1n) is 9.96. The quantitative estimate of drug-likeness (QED) is 0.411. The van der Waals surface area contributed by atoms with Crippen LogP contribution < -0.4 is 10.1 Å². The molecule has 5 rings (SSSR count). The van der Waals surface area contributed by atoms with Gasteiger partial charge in [0.25, 0.3) is 0 Å². The van der Waals surface area contributed by atoms with Crippen LogP contribution in [0.25, 0.3) is 16.7 Å². The van der Waals surface area contributed by atoms with E-state index in [1.807, 2.05) is 78.1 Å². The normalized spacial score (nSPS) is 11.0. The third-order valence-electron chi connectivity index (χ3n) is 4.96. The molecule has 7 nitrogen and oxygen atoms in total. The molecule has 0 bridgehead atoms. The van der Waals surface area contributed by atoms with Crippen molar-refractivity contribution in [3.05, 3.63) is 90.3 Å². The van der Waals surface area contributed by atoms with Crippen molar-refractivity contribution in [2.24, 2.45) is 0 Å². The molecule has 2 aromatic heterocycles. The first kappa shape index (κ1) is 18.7. The molecule has 0 aliphatic carbocycles. The molecule has 0 atom stereocenters. The summed E-state index contributed by atoms with van der Waals surface area (Å²) in [6.45, 7) is 2.50. The summed E-state index contributed by atoms with van der Waals surface area (Å²) < 4.78 is 7.53. The molecule has 0 amide bonds. The van der Waals surface area contributed by atoms with Gasteiger partial charge in [-0.3, -0.25) is 9.20 Å². The van der Waals surface area contributed by atoms with Crippen molar-refractivity contribution < 1.29 is 9.53 Å². The van der Waals surface area contributed by atoms with Gasteiger partial charge in [-0.15, -0.1) is 10.2 Å². The summed E-state index contributed by atoms with van der Waals surface area (Å²) in [6.07, 6.45) is 1.62. The Morgan fingerprint density at radius 1 is 1.00 bits per heavy atom. The Kier molecular flexibility index (Phi) is 4.76. The molecular formula is C24H19N5O2. The van der Waals surface area contributed by atoms with Crippen LogP contribution in [0.2, 0.25) is 0 Å². The number of para-hydroxylation sites is 2. The first-order chi connectivity index (χ1) is 15.2. The molecule has 0 saturated carbocycles. The van der Waals surface area contributed by atoms with E-state index in [1.165, 1.54) is 0 Å². The number of anilines is 2. The standard InChI is InChI=1S/C24H19N5O2/c1-2-31-21-11-7-6-10-19(21)27-23-24-28-25-15-29(24)20-14-17(12-13-18(20)26-23)22(30)16-8-4-3-5-9-16/h3-15H,2H2,1H3,(H,26,27). The second-order valence-electron chi connectivity index (χ2n) is 6.94. The van der Waals surface area contributed by atoms with Gasteiger partial charge in [-0.2, -0.15) is 0 Å². The molecule has 0 radical (unpaired) electrons. The number of hydrogen-bond donors (Lipinski definition) is 1. The number of fused-ring (bicyclic) bond motifs is 3. The number of aromatic nitrogens is 4. The average Bonchev–Trinajstić information content (AvgIpc) is 3.31. The Balaban J connectivity index is 1.60. The maximum absolute atomic E-state index is 12.9. The van der Waals surface area contributed by atoms with E-state index >= 15 is 0 Å². The summed E-state index contributed by atoms with van der Waals surface area (Å²) in [5.74, 6) is 1.24. The smallest absolute Gasteiger partial charge is 0.204 e. The molecule has 152 valence electrons. The zero-order valence-electron chi connectivity index (χ0n) is 16.8. The summed E-state index contributed by atoms with van der Waals surface area (Å²) in [5, 5.41) is 11.6. The summed E-state index contributed by atoms with van der Waals surface area (Å²) in [5.41, 5.74) is 4.04. The number of hydrogen-bond acceptors (Lipinski definition) is 6. The van der Waals surface area contributed by atoms with Crippen molar-refractivity contribution >= 4 is 34.0 Å². The Hall–Kier alpha value is -4.26. The molecule has 5 aromatic rings. The van der Waals surface area contributed by atoms with Gasteiger partial charge in [0.05, 0.1) is 23.3 Å². The van der Waals surface area contributed by atoms with Crippen LogP contribution >= 0.6 is 0 Å². The third-order valence-corrected chi connectivity index (χ3v) is 4.96. The Morgan fingerprint density at radius 2 is 1.81 bits per heavy atom. The second kappa shape index (κ2) is 7.87. The molecule has 31 heavy (non-hydrogen) atoms. The van der Waals surface area contributed by atoms with Gasteiger partial charge in [-0.25, -0.2) is 4.98 Å². The van der Waals surface area contributed by atoms with E-state index in [0.29, 0.717) is 34.7 Å². The van der Waals surface area contributed by atoms with Crippen molar-refractivity contribution in [3.63, 3.8) is 0 Å². The number of carbonyl (C=O) groups is 1. The zero-order chi connectivity index (χ0) is 21.2. The number of rotatable bonds is 6. The van der Waals surface area contributed by atoms with Crippen molar-refractivity contribution in [3.8, 4) is 5.75 Å². The molecular weight excluding hydrogens is 390 g/mol. The second-order valence-corrected chi connectivity index (χ2v) is 6.94. The van der Waals surface area contributed by atoms with Gasteiger partial charge < -0.3 is 10.1 Å². The van der Waals surface area contributed by atoms with Gasteiger partial charge in [0.2, 0.25) is 5.65 Å². The summed E-state index contributed by atoms with van der Waals surface area (Å²) in [4.78, 5) is 17.6. The predicted octanol–water partition coefficient (Wildman–Crippen LogP) is 4.65. The third kappa shape index (κ3) is 3.46. The molecule has 0 unspecified atom stereocenters. The fourth-order valence-electron chi connectivity index (χ4n) is 3.51. The van der Waals surface area contributed by atoms with E-state index in [4.69, 9.17) is 9.72 Å². The maximum Gasteiger partial charge on any atom is 0.204 e. The SMILES string of the molecule is CCOc1ccccc1Nc1nc2ccc(C(=O)c3ccccc3)cc2n2cnnc12. The van der Waals surface area contributed by atoms with E-state index in [1.54, 1.807) is 12.4 Å². The van der Waals surface area contributed by atoms with Crippen molar-refractivity contribution in [1.29, 1.82) is 0 Å². The summed E-state index contributed by atoms with van der Waals surface area (Å²) in [6, 6.07) is 22.3. The van der Waals surface area contributed by atoms with Crippen molar-refractivity contribution in [1.82, 2.24) is 19.6 Å². The van der Waals surface area contributed by atoms with E-state index in [9.17, 15) is 4.79 Å². The molecule has 0 saturated heterocycles. The van der Waals surface area contributed by atoms with Gasteiger partial charge in [0.1, 0.15) is 12.1 Å². The van der Waals surface area contributed by atoms with E-state index < -0.39 is 0 Å². The molecule has 1 N–H and O–H groups in total. The maximum atomic E-state index is 12.9. The Bertz CT molecular complexity index is 1400. The van der Waals surface area contributed by atoms with Crippen LogP contribution in [-0.4, -0.2) is 32.0 Å². The number of carbonyl (C=O) groups excluding carboxylic acids is 1. The Labute approximate surface area is 178 Å². The molecule has 2 heterocycles. The van der Waals surface area contributed by atoms with E-state index in [0.717, 1.165) is 17.0 Å². The van der Waals surface area contributed by atoms with Crippen LogP contribution in [0, 0.1) is 0 Å². The van der Waals surface area contributed by atoms with Gasteiger partial charge in [0.15, 0.2) is 11.6 Å². The minimum Gasteiger partial charge on any atom is -0.492 e.